The molecule has 1 rings (SSSR count). The molecule has 20 heavy (non-hydrogen) atoms. The van der Waals surface area contributed by atoms with Crippen molar-refractivity contribution in [3.05, 3.63) is 23.3 Å². The van der Waals surface area contributed by atoms with E-state index >= 15 is 0 Å². The van der Waals surface area contributed by atoms with Crippen LogP contribution in [0.15, 0.2) is 17.0 Å². The van der Waals surface area contributed by atoms with Gasteiger partial charge in [0.25, 0.3) is 0 Å². The fourth-order valence-corrected chi connectivity index (χ4v) is 2.41. The van der Waals surface area contributed by atoms with Crippen molar-refractivity contribution in [3.8, 4) is 0 Å². The minimum absolute atomic E-state index is 0.0278. The van der Waals surface area contributed by atoms with Crippen molar-refractivity contribution in [1.82, 2.24) is 0 Å². The molecule has 0 unspecified atom stereocenters. The molecular formula is C13H21N3O3S. The molecule has 0 heterocycles. The van der Waals surface area contributed by atoms with E-state index in [9.17, 15) is 13.2 Å². The van der Waals surface area contributed by atoms with E-state index in [1.807, 2.05) is 6.92 Å². The maximum Gasteiger partial charge on any atom is 0.241 e. The Hall–Kier alpha value is -1.44. The zero-order valence-corrected chi connectivity index (χ0v) is 12.8. The van der Waals surface area contributed by atoms with Gasteiger partial charge in [-0.25, -0.2) is 13.6 Å². The number of anilines is 1. The third-order valence-corrected chi connectivity index (χ3v) is 4.06. The van der Waals surface area contributed by atoms with Crippen molar-refractivity contribution in [2.75, 3.05) is 5.32 Å². The maximum absolute atomic E-state index is 11.9. The first-order valence-electron chi connectivity index (χ1n) is 6.37. The Morgan fingerprint density at radius 3 is 2.45 bits per heavy atom. The molecule has 5 N–H and O–H groups in total. The summed E-state index contributed by atoms with van der Waals surface area (Å²) in [7, 11) is -3.81. The molecule has 1 amide bonds. The van der Waals surface area contributed by atoms with Crippen molar-refractivity contribution >= 4 is 21.6 Å². The van der Waals surface area contributed by atoms with Crippen LogP contribution in [0.25, 0.3) is 0 Å². The highest BCUT2D eigenvalue weighted by molar-refractivity contribution is 7.89. The summed E-state index contributed by atoms with van der Waals surface area (Å²) >= 11 is 0. The van der Waals surface area contributed by atoms with Crippen LogP contribution >= 0.6 is 0 Å². The summed E-state index contributed by atoms with van der Waals surface area (Å²) in [5.74, 6) is -0.332. The number of amides is 1. The summed E-state index contributed by atoms with van der Waals surface area (Å²) in [6, 6.07) is 2.22. The van der Waals surface area contributed by atoms with Crippen LogP contribution in [-0.4, -0.2) is 20.4 Å². The lowest BCUT2D eigenvalue weighted by atomic mass is 10.1. The molecule has 0 aromatic heterocycles. The number of hydrogen-bond donors (Lipinski definition) is 3. The molecule has 0 saturated carbocycles. The molecule has 7 heteroatoms. The van der Waals surface area contributed by atoms with Crippen molar-refractivity contribution in [2.24, 2.45) is 10.9 Å². The van der Waals surface area contributed by atoms with Gasteiger partial charge in [-0.1, -0.05) is 13.3 Å². The molecule has 0 saturated heterocycles. The van der Waals surface area contributed by atoms with Gasteiger partial charge in [0, 0.05) is 5.69 Å². The van der Waals surface area contributed by atoms with E-state index in [-0.39, 0.29) is 10.8 Å². The van der Waals surface area contributed by atoms with Crippen LogP contribution in [0, 0.1) is 13.8 Å². The Kier molecular flexibility index (Phi) is 5.27. The quantitative estimate of drug-likeness (QED) is 0.752. The summed E-state index contributed by atoms with van der Waals surface area (Å²) < 4.78 is 22.8. The second-order valence-corrected chi connectivity index (χ2v) is 6.40. The highest BCUT2D eigenvalue weighted by Gasteiger charge is 2.17. The van der Waals surface area contributed by atoms with Gasteiger partial charge in [-0.15, -0.1) is 0 Å². The van der Waals surface area contributed by atoms with Gasteiger partial charge < -0.3 is 11.1 Å². The van der Waals surface area contributed by atoms with E-state index < -0.39 is 16.1 Å². The van der Waals surface area contributed by atoms with E-state index in [4.69, 9.17) is 10.9 Å². The number of nitrogens with one attached hydrogen (secondary N) is 1. The van der Waals surface area contributed by atoms with Gasteiger partial charge in [0.2, 0.25) is 15.9 Å². The van der Waals surface area contributed by atoms with Gasteiger partial charge >= 0.3 is 0 Å². The number of sulfonamides is 1. The molecule has 0 bridgehead atoms. The first-order valence-corrected chi connectivity index (χ1v) is 7.92. The third kappa shape index (κ3) is 4.03. The monoisotopic (exact) mass is 299 g/mol. The summed E-state index contributed by atoms with van der Waals surface area (Å²) in [5, 5.41) is 7.78. The number of carbonyl (C=O) groups excluding carboxylic acids is 1. The van der Waals surface area contributed by atoms with E-state index in [1.54, 1.807) is 13.8 Å². The standard InChI is InChI=1S/C13H21N3O3S/c1-4-5-11(14)13(17)16-12-7-10(20(15,18)19)6-8(2)9(12)3/h6-7,11H,4-5,14H2,1-3H3,(H,16,17)(H2,15,18,19)/t11-/m1/s1. The molecule has 0 fully saturated rings. The molecule has 6 nitrogen and oxygen atoms in total. The van der Waals surface area contributed by atoms with Crippen LogP contribution in [0.2, 0.25) is 0 Å². The molecular weight excluding hydrogens is 278 g/mol. The van der Waals surface area contributed by atoms with E-state index in [0.29, 0.717) is 12.1 Å². The van der Waals surface area contributed by atoms with E-state index in [1.165, 1.54) is 12.1 Å². The van der Waals surface area contributed by atoms with Crippen LogP contribution in [0.4, 0.5) is 5.69 Å². The zero-order chi connectivity index (χ0) is 15.5. The molecule has 1 aromatic carbocycles. The number of primary sulfonamides is 1. The van der Waals surface area contributed by atoms with Crippen molar-refractivity contribution in [1.29, 1.82) is 0 Å². The van der Waals surface area contributed by atoms with Gasteiger partial charge in [-0.05, 0) is 43.5 Å². The largest absolute Gasteiger partial charge is 0.324 e. The van der Waals surface area contributed by atoms with Crippen molar-refractivity contribution in [2.45, 2.75) is 44.6 Å². The summed E-state index contributed by atoms with van der Waals surface area (Å²) in [6.07, 6.45) is 1.36. The number of benzene rings is 1. The van der Waals surface area contributed by atoms with Crippen LogP contribution in [0.3, 0.4) is 0 Å². The van der Waals surface area contributed by atoms with Gasteiger partial charge in [0.05, 0.1) is 10.9 Å². The Balaban J connectivity index is 3.12. The molecule has 0 radical (unpaired) electrons. The van der Waals surface area contributed by atoms with Gasteiger partial charge in [-0.3, -0.25) is 4.79 Å². The number of hydrogen-bond acceptors (Lipinski definition) is 4. The summed E-state index contributed by atoms with van der Waals surface area (Å²) in [5.41, 5.74) is 7.67. The molecule has 0 aliphatic rings. The Labute approximate surface area is 119 Å². The second-order valence-electron chi connectivity index (χ2n) is 4.84. The molecule has 1 aromatic rings. The Morgan fingerprint density at radius 2 is 1.95 bits per heavy atom. The molecule has 0 spiro atoms. The number of rotatable bonds is 5. The highest BCUT2D eigenvalue weighted by Crippen LogP contribution is 2.23. The normalized spacial score (nSPS) is 13.1. The molecule has 0 aliphatic heterocycles. The maximum atomic E-state index is 11.9. The van der Waals surface area contributed by atoms with Crippen molar-refractivity contribution < 1.29 is 13.2 Å². The van der Waals surface area contributed by atoms with Gasteiger partial charge in [-0.2, -0.15) is 0 Å². The predicted octanol–water partition coefficient (Wildman–Crippen LogP) is 1.02. The summed E-state index contributed by atoms with van der Waals surface area (Å²) in [4.78, 5) is 11.9. The first kappa shape index (κ1) is 16.6. The highest BCUT2D eigenvalue weighted by atomic mass is 32.2. The van der Waals surface area contributed by atoms with Crippen molar-refractivity contribution in [3.63, 3.8) is 0 Å². The lowest BCUT2D eigenvalue weighted by Crippen LogP contribution is -2.35. The lowest BCUT2D eigenvalue weighted by molar-refractivity contribution is -0.117. The Bertz CT molecular complexity index is 612. The topological polar surface area (TPSA) is 115 Å². The summed E-state index contributed by atoms with van der Waals surface area (Å²) in [6.45, 7) is 5.49. The number of carbonyl (C=O) groups is 1. The zero-order valence-electron chi connectivity index (χ0n) is 11.9. The van der Waals surface area contributed by atoms with Crippen LogP contribution in [0.5, 0.6) is 0 Å². The average molecular weight is 299 g/mol. The minimum Gasteiger partial charge on any atom is -0.324 e. The van der Waals surface area contributed by atoms with E-state index in [2.05, 4.69) is 5.32 Å². The third-order valence-electron chi connectivity index (χ3n) is 3.16. The predicted molar refractivity (Wildman–Crippen MR) is 78.8 cm³/mol. The Morgan fingerprint density at radius 1 is 1.35 bits per heavy atom. The molecule has 112 valence electrons. The fraction of sp³-hybridized carbons (Fsp3) is 0.462. The van der Waals surface area contributed by atoms with Crippen LogP contribution < -0.4 is 16.2 Å². The average Bonchev–Trinajstić information content (AvgIpc) is 2.33. The fourth-order valence-electron chi connectivity index (χ4n) is 1.79. The smallest absolute Gasteiger partial charge is 0.241 e. The van der Waals surface area contributed by atoms with Crippen LogP contribution in [0.1, 0.15) is 30.9 Å². The minimum atomic E-state index is -3.81. The van der Waals surface area contributed by atoms with Gasteiger partial charge in [0.15, 0.2) is 0 Å². The number of nitrogens with two attached hydrogens (primary N) is 2. The number of aryl methyl sites for hydroxylation is 1. The first-order chi connectivity index (χ1) is 9.16. The van der Waals surface area contributed by atoms with Crippen LogP contribution in [-0.2, 0) is 14.8 Å². The second kappa shape index (κ2) is 6.34. The van der Waals surface area contributed by atoms with Gasteiger partial charge in [0.1, 0.15) is 0 Å². The molecule has 1 atom stereocenters. The SMILES string of the molecule is CCC[C@@H](N)C(=O)Nc1cc(S(N)(=O)=O)cc(C)c1C. The lowest BCUT2D eigenvalue weighted by Gasteiger charge is -2.15. The van der Waals surface area contributed by atoms with E-state index in [0.717, 1.165) is 17.5 Å². The molecule has 0 aliphatic carbocycles.